The lowest BCUT2D eigenvalue weighted by atomic mass is 9.83. The zero-order valence-electron chi connectivity index (χ0n) is 20.3. The normalized spacial score (nSPS) is 15.1. The molecule has 7 nitrogen and oxygen atoms in total. The van der Waals surface area contributed by atoms with E-state index in [4.69, 9.17) is 9.47 Å². The van der Waals surface area contributed by atoms with Crippen LogP contribution >= 0.6 is 0 Å². The van der Waals surface area contributed by atoms with E-state index in [0.29, 0.717) is 13.0 Å². The third-order valence-electron chi connectivity index (χ3n) is 6.41. The lowest BCUT2D eigenvalue weighted by molar-refractivity contribution is 0.0590. The molecule has 0 saturated heterocycles. The molecule has 0 unspecified atom stereocenters. The van der Waals surface area contributed by atoms with Gasteiger partial charge in [0.05, 0.1) is 19.8 Å². The summed E-state index contributed by atoms with van der Waals surface area (Å²) in [7, 11) is 2.96. The first kappa shape index (κ1) is 24.3. The van der Waals surface area contributed by atoms with Gasteiger partial charge < -0.3 is 18.9 Å². The number of nitrogens with zero attached hydrogens (tertiary/aromatic N) is 2. The maximum absolute atomic E-state index is 13.4. The maximum Gasteiger partial charge on any atom is 0.343 e. The maximum atomic E-state index is 13.4. The van der Waals surface area contributed by atoms with Crippen LogP contribution in [0.1, 0.15) is 63.7 Å². The van der Waals surface area contributed by atoms with Crippen molar-refractivity contribution in [3.05, 3.63) is 99.5 Å². The molecule has 0 saturated carbocycles. The minimum absolute atomic E-state index is 0.0947. The zero-order chi connectivity index (χ0) is 24.9. The van der Waals surface area contributed by atoms with Crippen LogP contribution in [0.5, 0.6) is 5.75 Å². The minimum Gasteiger partial charge on any atom is -0.487 e. The smallest absolute Gasteiger partial charge is 0.343 e. The molecule has 0 aliphatic carbocycles. The Balaban J connectivity index is 1.98. The topological polar surface area (TPSA) is 77.8 Å². The largest absolute Gasteiger partial charge is 0.487 e. The highest BCUT2D eigenvalue weighted by atomic mass is 16.5. The van der Waals surface area contributed by atoms with Gasteiger partial charge in [-0.2, -0.15) is 0 Å². The molecular weight excluding hydrogens is 444 g/mol. The number of aromatic nitrogens is 1. The number of hydrogen-bond donors (Lipinski definition) is 0. The van der Waals surface area contributed by atoms with Crippen molar-refractivity contribution in [2.75, 3.05) is 27.3 Å². The lowest BCUT2D eigenvalue weighted by Gasteiger charge is -2.39. The Labute approximate surface area is 204 Å². The summed E-state index contributed by atoms with van der Waals surface area (Å²) in [6, 6.07) is 19.8. The van der Waals surface area contributed by atoms with Gasteiger partial charge in [0.25, 0.3) is 5.91 Å². The summed E-state index contributed by atoms with van der Waals surface area (Å²) in [5.41, 5.74) is 1.50. The van der Waals surface area contributed by atoms with Gasteiger partial charge in [-0.15, -0.1) is 0 Å². The molecule has 182 valence electrons. The van der Waals surface area contributed by atoms with Crippen LogP contribution in [-0.2, 0) is 4.74 Å². The number of fused-ring (bicyclic) bond motifs is 1. The van der Waals surface area contributed by atoms with Gasteiger partial charge in [-0.3, -0.25) is 9.59 Å². The summed E-state index contributed by atoms with van der Waals surface area (Å²) in [6.07, 6.45) is 3.04. The summed E-state index contributed by atoms with van der Waals surface area (Å²) in [5.74, 6) is -1.32. The fraction of sp³-hybridized carbons (Fsp3) is 0.321. The second kappa shape index (κ2) is 10.6. The van der Waals surface area contributed by atoms with E-state index < -0.39 is 11.4 Å². The van der Waals surface area contributed by atoms with Gasteiger partial charge in [0.15, 0.2) is 11.4 Å². The van der Waals surface area contributed by atoms with Crippen LogP contribution in [0.4, 0.5) is 0 Å². The molecule has 0 N–H and O–H groups in total. The van der Waals surface area contributed by atoms with Gasteiger partial charge >= 0.3 is 5.97 Å². The highest BCUT2D eigenvalue weighted by Gasteiger charge is 2.39. The van der Waals surface area contributed by atoms with Gasteiger partial charge in [0, 0.05) is 25.7 Å². The van der Waals surface area contributed by atoms with Crippen molar-refractivity contribution in [3.8, 4) is 5.75 Å². The molecule has 1 atom stereocenters. The minimum atomic E-state index is -0.758. The monoisotopic (exact) mass is 474 g/mol. The molecule has 0 spiro atoms. The van der Waals surface area contributed by atoms with E-state index in [-0.39, 0.29) is 41.5 Å². The van der Waals surface area contributed by atoms with Gasteiger partial charge in [-0.1, -0.05) is 74.0 Å². The van der Waals surface area contributed by atoms with E-state index in [1.54, 1.807) is 16.5 Å². The van der Waals surface area contributed by atoms with Crippen molar-refractivity contribution < 1.29 is 19.1 Å². The lowest BCUT2D eigenvalue weighted by Crippen LogP contribution is -2.45. The SMILES string of the molecule is CCCCOc1c2n(cc(C(=O)OC)c1=O)[C@@H](C(c1ccccc1)c1ccccc1)CN(C)C2=O. The first-order chi connectivity index (χ1) is 17.0. The number of likely N-dealkylation sites (N-methyl/N-ethyl adjacent to an activating group) is 1. The molecule has 1 amide bonds. The molecule has 2 heterocycles. The number of rotatable bonds is 8. The second-order valence-corrected chi connectivity index (χ2v) is 8.70. The van der Waals surface area contributed by atoms with Crippen LogP contribution in [0.15, 0.2) is 71.7 Å². The number of unbranched alkanes of at least 4 members (excludes halogenated alkanes) is 1. The first-order valence-corrected chi connectivity index (χ1v) is 11.8. The van der Waals surface area contributed by atoms with Crippen LogP contribution in [-0.4, -0.2) is 48.7 Å². The molecule has 35 heavy (non-hydrogen) atoms. The van der Waals surface area contributed by atoms with Crippen molar-refractivity contribution in [1.29, 1.82) is 0 Å². The molecular formula is C28H30N2O5. The molecule has 2 aromatic carbocycles. The number of pyridine rings is 1. The predicted octanol–water partition coefficient (Wildman–Crippen LogP) is 4.27. The summed E-state index contributed by atoms with van der Waals surface area (Å²) in [4.78, 5) is 40.9. The number of carbonyl (C=O) groups is 2. The van der Waals surface area contributed by atoms with Crippen LogP contribution in [0.2, 0.25) is 0 Å². The Kier molecular flexibility index (Phi) is 7.34. The highest BCUT2D eigenvalue weighted by Crippen LogP contribution is 2.40. The fourth-order valence-electron chi connectivity index (χ4n) is 4.64. The summed E-state index contributed by atoms with van der Waals surface area (Å²) in [6.45, 7) is 2.67. The molecule has 0 radical (unpaired) electrons. The Hall–Kier alpha value is -3.87. The third kappa shape index (κ3) is 4.71. The number of amides is 1. The summed E-state index contributed by atoms with van der Waals surface area (Å²) in [5, 5.41) is 0. The number of esters is 1. The van der Waals surface area contributed by atoms with Gasteiger partial charge in [0.2, 0.25) is 5.43 Å². The average Bonchev–Trinajstić information content (AvgIpc) is 2.89. The number of carbonyl (C=O) groups excluding carboxylic acids is 2. The van der Waals surface area contributed by atoms with Crippen LogP contribution in [0.3, 0.4) is 0 Å². The van der Waals surface area contributed by atoms with Crippen molar-refractivity contribution in [3.63, 3.8) is 0 Å². The summed E-state index contributed by atoms with van der Waals surface area (Å²) >= 11 is 0. The Bertz CT molecular complexity index is 1210. The van der Waals surface area contributed by atoms with Crippen molar-refractivity contribution >= 4 is 11.9 Å². The van der Waals surface area contributed by atoms with E-state index in [2.05, 4.69) is 24.3 Å². The molecule has 1 aliphatic heterocycles. The van der Waals surface area contributed by atoms with E-state index >= 15 is 0 Å². The van der Waals surface area contributed by atoms with Crippen LogP contribution in [0, 0.1) is 0 Å². The number of hydrogen-bond acceptors (Lipinski definition) is 5. The quantitative estimate of drug-likeness (QED) is 0.360. The Morgan fingerprint density at radius 3 is 2.17 bits per heavy atom. The second-order valence-electron chi connectivity index (χ2n) is 8.70. The molecule has 0 fully saturated rings. The van der Waals surface area contributed by atoms with Gasteiger partial charge in [-0.05, 0) is 17.5 Å². The van der Waals surface area contributed by atoms with Crippen LogP contribution < -0.4 is 10.2 Å². The molecule has 3 aromatic rings. The van der Waals surface area contributed by atoms with Crippen molar-refractivity contribution in [1.82, 2.24) is 9.47 Å². The molecule has 1 aromatic heterocycles. The highest BCUT2D eigenvalue weighted by molar-refractivity contribution is 5.98. The molecule has 4 rings (SSSR count). The van der Waals surface area contributed by atoms with E-state index in [1.165, 1.54) is 13.3 Å². The summed E-state index contributed by atoms with van der Waals surface area (Å²) < 4.78 is 12.5. The molecule has 7 heteroatoms. The van der Waals surface area contributed by atoms with E-state index in [0.717, 1.165) is 17.5 Å². The fourth-order valence-corrected chi connectivity index (χ4v) is 4.64. The van der Waals surface area contributed by atoms with Crippen molar-refractivity contribution in [2.45, 2.75) is 31.7 Å². The number of methoxy groups -OCH3 is 1. The van der Waals surface area contributed by atoms with Gasteiger partial charge in [-0.25, -0.2) is 4.79 Å². The first-order valence-electron chi connectivity index (χ1n) is 11.8. The van der Waals surface area contributed by atoms with E-state index in [1.807, 2.05) is 43.3 Å². The zero-order valence-corrected chi connectivity index (χ0v) is 20.3. The number of ether oxygens (including phenoxy) is 2. The Morgan fingerprint density at radius 1 is 1.03 bits per heavy atom. The molecule has 0 bridgehead atoms. The third-order valence-corrected chi connectivity index (χ3v) is 6.41. The Morgan fingerprint density at radius 2 is 1.63 bits per heavy atom. The standard InChI is InChI=1S/C28H30N2O5/c1-4-5-16-35-26-24-27(32)29(2)18-22(30(24)17-21(25(26)31)28(33)34-3)23(19-12-8-6-9-13-19)20-14-10-7-11-15-20/h6-15,17,22-23H,4-5,16,18H2,1-3H3/t22-/m1/s1. The van der Waals surface area contributed by atoms with Crippen LogP contribution in [0.25, 0.3) is 0 Å². The average molecular weight is 475 g/mol. The van der Waals surface area contributed by atoms with Crippen molar-refractivity contribution in [2.24, 2.45) is 0 Å². The predicted molar refractivity (Wildman–Crippen MR) is 133 cm³/mol. The van der Waals surface area contributed by atoms with E-state index in [9.17, 15) is 14.4 Å². The molecule has 1 aliphatic rings. The van der Waals surface area contributed by atoms with Gasteiger partial charge in [0.1, 0.15) is 5.56 Å². The number of benzene rings is 2.